The predicted octanol–water partition coefficient (Wildman–Crippen LogP) is 0.517. The lowest BCUT2D eigenvalue weighted by Gasteiger charge is -2.10. The number of rotatable bonds is 6. The number of carbonyl (C=O) groups is 1. The second-order valence-corrected chi connectivity index (χ2v) is 4.66. The van der Waals surface area contributed by atoms with Crippen molar-refractivity contribution in [2.24, 2.45) is 0 Å². The largest absolute Gasteiger partial charge is 0.489 e. The van der Waals surface area contributed by atoms with E-state index >= 15 is 0 Å². The van der Waals surface area contributed by atoms with Gasteiger partial charge in [-0.15, -0.1) is 0 Å². The zero-order valence-electron chi connectivity index (χ0n) is 11.7. The van der Waals surface area contributed by atoms with Crippen LogP contribution in [0, 0.1) is 0 Å². The van der Waals surface area contributed by atoms with Crippen LogP contribution in [0.2, 0.25) is 0 Å². The molecule has 122 valence electrons. The van der Waals surface area contributed by atoms with Crippen molar-refractivity contribution in [2.45, 2.75) is 19.3 Å². The maximum Gasteiger partial charge on any atom is 0.489 e. The lowest BCUT2D eigenvalue weighted by atomic mass is 9.77. The molecular weight excluding hydrogens is 316 g/mol. The van der Waals surface area contributed by atoms with Crippen molar-refractivity contribution < 1.29 is 32.8 Å². The van der Waals surface area contributed by atoms with Crippen LogP contribution in [-0.4, -0.2) is 39.4 Å². The first-order valence-corrected chi connectivity index (χ1v) is 6.46. The summed E-state index contributed by atoms with van der Waals surface area (Å²) in [6.45, 7) is -1.38. The Morgan fingerprint density at radius 3 is 2.65 bits per heavy atom. The molecule has 0 aliphatic rings. The summed E-state index contributed by atoms with van der Waals surface area (Å²) < 4.78 is 42.8. The summed E-state index contributed by atoms with van der Waals surface area (Å²) in [4.78, 5) is 11.1. The molecule has 2 N–H and O–H groups in total. The molecule has 0 unspecified atom stereocenters. The fraction of sp³-hybridized carbons (Fsp3) is 0.231. The average molecular weight is 328 g/mol. The average Bonchev–Trinajstić information content (AvgIpc) is 2.89. The van der Waals surface area contributed by atoms with Crippen molar-refractivity contribution in [3.05, 3.63) is 41.7 Å². The molecule has 0 spiro atoms. The van der Waals surface area contributed by atoms with Gasteiger partial charge in [-0.25, -0.2) is 0 Å². The Hall–Kier alpha value is -2.33. The number of ether oxygens (including phenoxy) is 1. The minimum Gasteiger partial charge on any atom is -0.486 e. The van der Waals surface area contributed by atoms with Gasteiger partial charge < -0.3 is 14.8 Å². The molecule has 0 atom stereocenters. The van der Waals surface area contributed by atoms with Crippen LogP contribution in [0.15, 0.2) is 30.5 Å². The number of aromatic nitrogens is 2. The highest BCUT2D eigenvalue weighted by atomic mass is 19.4. The Morgan fingerprint density at radius 2 is 2.04 bits per heavy atom. The number of carbonyl (C=O) groups excluding carboxylic acids is 1. The van der Waals surface area contributed by atoms with Gasteiger partial charge in [0, 0.05) is 6.20 Å². The third kappa shape index (κ3) is 4.57. The van der Waals surface area contributed by atoms with E-state index in [0.29, 0.717) is 6.29 Å². The van der Waals surface area contributed by atoms with E-state index in [-0.39, 0.29) is 29.1 Å². The van der Waals surface area contributed by atoms with Crippen LogP contribution in [0.4, 0.5) is 13.2 Å². The van der Waals surface area contributed by atoms with Crippen molar-refractivity contribution in [1.82, 2.24) is 9.78 Å². The number of nitrogens with zero attached hydrogens (tertiary/aromatic N) is 2. The summed E-state index contributed by atoms with van der Waals surface area (Å²) in [6, 6.07) is 5.60. The van der Waals surface area contributed by atoms with Gasteiger partial charge in [0.05, 0.1) is 11.3 Å². The first-order chi connectivity index (χ1) is 10.8. The molecule has 1 heterocycles. The maximum atomic E-state index is 12.2. The molecular formula is C13H12BF3N2O4. The molecule has 0 saturated carbocycles. The van der Waals surface area contributed by atoms with Gasteiger partial charge in [0.2, 0.25) is 0 Å². The molecule has 6 nitrogen and oxygen atoms in total. The molecule has 10 heteroatoms. The molecule has 0 saturated heterocycles. The van der Waals surface area contributed by atoms with E-state index in [1.165, 1.54) is 30.5 Å². The van der Waals surface area contributed by atoms with E-state index in [1.807, 2.05) is 0 Å². The number of alkyl halides is 3. The van der Waals surface area contributed by atoms with Crippen molar-refractivity contribution in [3.63, 3.8) is 0 Å². The van der Waals surface area contributed by atoms with Crippen molar-refractivity contribution in [2.75, 3.05) is 0 Å². The molecule has 23 heavy (non-hydrogen) atoms. The second kappa shape index (κ2) is 6.84. The van der Waals surface area contributed by atoms with Crippen molar-refractivity contribution in [3.8, 4) is 5.75 Å². The van der Waals surface area contributed by atoms with Gasteiger partial charge in [0.25, 0.3) is 0 Å². The smallest absolute Gasteiger partial charge is 0.486 e. The number of benzene rings is 1. The summed E-state index contributed by atoms with van der Waals surface area (Å²) in [5.41, 5.74) is 0.165. The molecule has 0 aliphatic heterocycles. The number of halogens is 3. The third-order valence-corrected chi connectivity index (χ3v) is 2.91. The Morgan fingerprint density at radius 1 is 1.30 bits per heavy atom. The number of aldehydes is 1. The monoisotopic (exact) mass is 328 g/mol. The van der Waals surface area contributed by atoms with Crippen LogP contribution in [0.1, 0.15) is 16.1 Å². The lowest BCUT2D eigenvalue weighted by Crippen LogP contribution is -2.33. The third-order valence-electron chi connectivity index (χ3n) is 2.91. The highest BCUT2D eigenvalue weighted by molar-refractivity contribution is 6.60. The van der Waals surface area contributed by atoms with E-state index in [0.717, 1.165) is 4.68 Å². The molecule has 2 rings (SSSR count). The zero-order valence-corrected chi connectivity index (χ0v) is 11.7. The summed E-state index contributed by atoms with van der Waals surface area (Å²) in [5.74, 6) is 0.0796. The molecule has 0 aliphatic carbocycles. The van der Waals surface area contributed by atoms with Crippen LogP contribution < -0.4 is 10.2 Å². The van der Waals surface area contributed by atoms with E-state index in [4.69, 9.17) is 4.74 Å². The van der Waals surface area contributed by atoms with Crippen LogP contribution in [-0.2, 0) is 13.2 Å². The first kappa shape index (κ1) is 17.0. The summed E-state index contributed by atoms with van der Waals surface area (Å²) in [5, 5.41) is 22.1. The lowest BCUT2D eigenvalue weighted by molar-refractivity contribution is -0.142. The van der Waals surface area contributed by atoms with Gasteiger partial charge in [0.1, 0.15) is 18.9 Å². The van der Waals surface area contributed by atoms with Crippen LogP contribution in [0.5, 0.6) is 5.75 Å². The predicted molar refractivity (Wildman–Crippen MR) is 74.3 cm³/mol. The van der Waals surface area contributed by atoms with Crippen LogP contribution in [0.3, 0.4) is 0 Å². The fourth-order valence-electron chi connectivity index (χ4n) is 1.94. The molecule has 0 bridgehead atoms. The Kier molecular flexibility index (Phi) is 5.07. The van der Waals surface area contributed by atoms with E-state index in [1.54, 1.807) is 0 Å². The van der Waals surface area contributed by atoms with Crippen molar-refractivity contribution >= 4 is 18.9 Å². The molecule has 0 fully saturated rings. The highest BCUT2D eigenvalue weighted by Crippen LogP contribution is 2.18. The van der Waals surface area contributed by atoms with E-state index < -0.39 is 19.8 Å². The SMILES string of the molecule is O=Cc1c(OCc2ccn(CC(F)(F)F)n2)cccc1B(O)O. The summed E-state index contributed by atoms with van der Waals surface area (Å²) in [7, 11) is -1.84. The molecule has 2 aromatic rings. The Bertz CT molecular complexity index is 688. The Balaban J connectivity index is 2.10. The van der Waals surface area contributed by atoms with E-state index in [2.05, 4.69) is 5.10 Å². The molecule has 0 amide bonds. The fourth-order valence-corrected chi connectivity index (χ4v) is 1.94. The molecule has 1 aromatic carbocycles. The minimum absolute atomic E-state index is 0.0277. The van der Waals surface area contributed by atoms with Crippen LogP contribution in [0.25, 0.3) is 0 Å². The van der Waals surface area contributed by atoms with Gasteiger partial charge >= 0.3 is 13.3 Å². The highest BCUT2D eigenvalue weighted by Gasteiger charge is 2.28. The van der Waals surface area contributed by atoms with Gasteiger partial charge in [-0.1, -0.05) is 12.1 Å². The number of hydrogen-bond donors (Lipinski definition) is 2. The molecule has 0 radical (unpaired) electrons. The van der Waals surface area contributed by atoms with E-state index in [9.17, 15) is 28.0 Å². The van der Waals surface area contributed by atoms with Gasteiger partial charge in [-0.2, -0.15) is 18.3 Å². The molecule has 1 aromatic heterocycles. The normalized spacial score (nSPS) is 11.3. The van der Waals surface area contributed by atoms with Crippen molar-refractivity contribution in [1.29, 1.82) is 0 Å². The number of hydrogen-bond acceptors (Lipinski definition) is 5. The topological polar surface area (TPSA) is 84.6 Å². The zero-order chi connectivity index (χ0) is 17.0. The maximum absolute atomic E-state index is 12.2. The van der Waals surface area contributed by atoms with Crippen LogP contribution >= 0.6 is 0 Å². The van der Waals surface area contributed by atoms with Gasteiger partial charge in [-0.3, -0.25) is 9.48 Å². The summed E-state index contributed by atoms with van der Waals surface area (Å²) >= 11 is 0. The summed E-state index contributed by atoms with van der Waals surface area (Å²) in [6.07, 6.45) is -2.80. The van der Waals surface area contributed by atoms with Gasteiger partial charge in [0.15, 0.2) is 6.29 Å². The second-order valence-electron chi connectivity index (χ2n) is 4.66. The minimum atomic E-state index is -4.37. The Labute approximate surface area is 129 Å². The quantitative estimate of drug-likeness (QED) is 0.596. The van der Waals surface area contributed by atoms with Gasteiger partial charge in [-0.05, 0) is 17.6 Å². The standard InChI is InChI=1S/C13H12BF3N2O4/c15-13(16,17)8-19-5-4-9(18-19)7-23-12-3-1-2-11(14(21)22)10(12)6-20/h1-6,21-22H,7-8H2. The first-order valence-electron chi connectivity index (χ1n) is 6.46.